The van der Waals surface area contributed by atoms with Crippen LogP contribution in [0.2, 0.25) is 5.02 Å². The minimum atomic E-state index is -0.321. The van der Waals surface area contributed by atoms with E-state index in [-0.39, 0.29) is 17.8 Å². The summed E-state index contributed by atoms with van der Waals surface area (Å²) in [6, 6.07) is 13.3. The maximum Gasteiger partial charge on any atom is 0.282 e. The molecule has 0 radical (unpaired) electrons. The molecule has 0 saturated heterocycles. The summed E-state index contributed by atoms with van der Waals surface area (Å²) >= 11 is 5.90. The second-order valence-electron chi connectivity index (χ2n) is 5.34. The van der Waals surface area contributed by atoms with Gasteiger partial charge in [-0.05, 0) is 31.2 Å². The van der Waals surface area contributed by atoms with E-state index in [2.05, 4.69) is 5.32 Å². The van der Waals surface area contributed by atoms with Gasteiger partial charge in [0, 0.05) is 16.3 Å². The van der Waals surface area contributed by atoms with Gasteiger partial charge >= 0.3 is 0 Å². The zero-order valence-corrected chi connectivity index (χ0v) is 13.3. The van der Waals surface area contributed by atoms with Crippen LogP contribution in [0.1, 0.15) is 12.5 Å². The fourth-order valence-electron chi connectivity index (χ4n) is 2.14. The molecular weight excluding hydrogens is 303 g/mol. The van der Waals surface area contributed by atoms with Crippen molar-refractivity contribution in [3.63, 3.8) is 0 Å². The van der Waals surface area contributed by atoms with Gasteiger partial charge in [0.15, 0.2) is 6.04 Å². The number of halogens is 2. The Morgan fingerprint density at radius 3 is 2.68 bits per heavy atom. The topological polar surface area (TPSA) is 33.5 Å². The molecule has 0 aliphatic rings. The first-order valence-corrected chi connectivity index (χ1v) is 7.47. The number of carbonyl (C=O) groups is 1. The summed E-state index contributed by atoms with van der Waals surface area (Å²) < 4.78 is 13.7. The first-order valence-electron chi connectivity index (χ1n) is 7.09. The van der Waals surface area contributed by atoms with E-state index < -0.39 is 0 Å². The summed E-state index contributed by atoms with van der Waals surface area (Å²) in [5.41, 5.74) is 1.26. The summed E-state index contributed by atoms with van der Waals surface area (Å²) in [6.07, 6.45) is 0. The van der Waals surface area contributed by atoms with Crippen molar-refractivity contribution < 1.29 is 14.1 Å². The average Bonchev–Trinajstić information content (AvgIpc) is 2.48. The van der Waals surface area contributed by atoms with Crippen molar-refractivity contribution in [1.29, 1.82) is 0 Å². The minimum absolute atomic E-state index is 0.129. The minimum Gasteiger partial charge on any atom is -0.324 e. The zero-order chi connectivity index (χ0) is 16.1. The standard InChI is InChI=1S/C17H18ClFN2O/c1-12(17(22)20-15-8-5-7-14(18)10-15)21(2)11-13-6-3-4-9-16(13)19/h3-10,12H,11H2,1-2H3,(H,20,22)/p+1/t12-/m0/s1. The SMILES string of the molecule is C[C@@H](C(=O)Nc1cccc(Cl)c1)[NH+](C)Cc1ccccc1F. The van der Waals surface area contributed by atoms with E-state index in [1.54, 1.807) is 42.5 Å². The van der Waals surface area contributed by atoms with Crippen molar-refractivity contribution in [3.05, 3.63) is 64.9 Å². The van der Waals surface area contributed by atoms with E-state index in [0.717, 1.165) is 4.90 Å². The largest absolute Gasteiger partial charge is 0.324 e. The molecule has 22 heavy (non-hydrogen) atoms. The van der Waals surface area contributed by atoms with E-state index >= 15 is 0 Å². The molecule has 2 N–H and O–H groups in total. The highest BCUT2D eigenvalue weighted by atomic mass is 35.5. The predicted molar refractivity (Wildman–Crippen MR) is 86.5 cm³/mol. The van der Waals surface area contributed by atoms with Crippen molar-refractivity contribution in [2.75, 3.05) is 12.4 Å². The van der Waals surface area contributed by atoms with E-state index in [9.17, 15) is 9.18 Å². The molecule has 0 spiro atoms. The number of carbonyl (C=O) groups excluding carboxylic acids is 1. The molecule has 0 aliphatic heterocycles. The summed E-state index contributed by atoms with van der Waals surface area (Å²) in [6.45, 7) is 2.26. The Morgan fingerprint density at radius 1 is 1.27 bits per heavy atom. The summed E-state index contributed by atoms with van der Waals surface area (Å²) in [5, 5.41) is 3.39. The van der Waals surface area contributed by atoms with E-state index in [4.69, 9.17) is 11.6 Å². The van der Waals surface area contributed by atoms with Gasteiger partial charge in [-0.25, -0.2) is 4.39 Å². The van der Waals surface area contributed by atoms with Gasteiger partial charge in [-0.1, -0.05) is 35.9 Å². The molecule has 1 unspecified atom stereocenters. The van der Waals surface area contributed by atoms with Crippen LogP contribution in [0.3, 0.4) is 0 Å². The van der Waals surface area contributed by atoms with Crippen molar-refractivity contribution in [2.45, 2.75) is 19.5 Å². The lowest BCUT2D eigenvalue weighted by Crippen LogP contribution is -3.12. The fraction of sp³-hybridized carbons (Fsp3) is 0.235. The molecule has 1 amide bonds. The van der Waals surface area contributed by atoms with Gasteiger partial charge in [0.2, 0.25) is 0 Å². The number of hydrogen-bond acceptors (Lipinski definition) is 1. The van der Waals surface area contributed by atoms with Crippen molar-refractivity contribution in [2.24, 2.45) is 0 Å². The van der Waals surface area contributed by atoms with Crippen LogP contribution in [-0.4, -0.2) is 19.0 Å². The normalized spacial score (nSPS) is 13.5. The lowest BCUT2D eigenvalue weighted by Gasteiger charge is -2.21. The molecular formula is C17H19ClFN2O+. The van der Waals surface area contributed by atoms with Crippen LogP contribution in [-0.2, 0) is 11.3 Å². The van der Waals surface area contributed by atoms with Gasteiger partial charge in [-0.3, -0.25) is 4.79 Å². The molecule has 2 aromatic rings. The highest BCUT2D eigenvalue weighted by molar-refractivity contribution is 6.30. The highest BCUT2D eigenvalue weighted by Crippen LogP contribution is 2.14. The Balaban J connectivity index is 1.99. The van der Waals surface area contributed by atoms with Crippen LogP contribution in [0, 0.1) is 5.82 Å². The number of benzene rings is 2. The smallest absolute Gasteiger partial charge is 0.282 e. The summed E-state index contributed by atoms with van der Waals surface area (Å²) in [5.74, 6) is -0.375. The molecule has 116 valence electrons. The molecule has 2 atom stereocenters. The number of hydrogen-bond donors (Lipinski definition) is 2. The second kappa shape index (κ2) is 7.38. The van der Waals surface area contributed by atoms with Gasteiger partial charge in [0.1, 0.15) is 12.4 Å². The fourth-order valence-corrected chi connectivity index (χ4v) is 2.33. The van der Waals surface area contributed by atoms with Gasteiger partial charge in [-0.2, -0.15) is 0 Å². The summed E-state index contributed by atoms with van der Waals surface area (Å²) in [7, 11) is 1.87. The van der Waals surface area contributed by atoms with Crippen LogP contribution in [0.5, 0.6) is 0 Å². The third-order valence-electron chi connectivity index (χ3n) is 3.65. The molecule has 0 saturated carbocycles. The van der Waals surface area contributed by atoms with Gasteiger partial charge in [-0.15, -0.1) is 0 Å². The first-order chi connectivity index (χ1) is 10.5. The number of nitrogens with one attached hydrogen (secondary N) is 2. The van der Waals surface area contributed by atoms with E-state index in [0.29, 0.717) is 22.8 Å². The van der Waals surface area contributed by atoms with Crippen LogP contribution in [0.4, 0.5) is 10.1 Å². The number of amides is 1. The molecule has 0 bridgehead atoms. The third kappa shape index (κ3) is 4.29. The Morgan fingerprint density at radius 2 is 2.00 bits per heavy atom. The summed E-state index contributed by atoms with van der Waals surface area (Å²) in [4.78, 5) is 13.2. The molecule has 2 aromatic carbocycles. The lowest BCUT2D eigenvalue weighted by atomic mass is 10.1. The van der Waals surface area contributed by atoms with Crippen LogP contribution in [0.25, 0.3) is 0 Å². The Hall–Kier alpha value is -1.91. The Labute approximate surface area is 134 Å². The maximum atomic E-state index is 13.7. The zero-order valence-electron chi connectivity index (χ0n) is 12.6. The molecule has 2 rings (SSSR count). The van der Waals surface area contributed by atoms with Gasteiger partial charge in [0.05, 0.1) is 7.05 Å². The molecule has 3 nitrogen and oxygen atoms in total. The Kier molecular flexibility index (Phi) is 5.52. The predicted octanol–water partition coefficient (Wildman–Crippen LogP) is 2.52. The van der Waals surface area contributed by atoms with Crippen LogP contribution >= 0.6 is 11.6 Å². The monoisotopic (exact) mass is 321 g/mol. The molecule has 0 fully saturated rings. The van der Waals surface area contributed by atoms with E-state index in [1.807, 2.05) is 14.0 Å². The maximum absolute atomic E-state index is 13.7. The average molecular weight is 322 g/mol. The number of rotatable bonds is 5. The highest BCUT2D eigenvalue weighted by Gasteiger charge is 2.22. The van der Waals surface area contributed by atoms with Crippen molar-refractivity contribution >= 4 is 23.2 Å². The van der Waals surface area contributed by atoms with Crippen LogP contribution < -0.4 is 10.2 Å². The van der Waals surface area contributed by atoms with E-state index in [1.165, 1.54) is 6.07 Å². The van der Waals surface area contributed by atoms with Gasteiger partial charge < -0.3 is 10.2 Å². The molecule has 0 heterocycles. The van der Waals surface area contributed by atoms with Gasteiger partial charge in [0.25, 0.3) is 5.91 Å². The molecule has 5 heteroatoms. The number of anilines is 1. The molecule has 0 aromatic heterocycles. The molecule has 0 aliphatic carbocycles. The Bertz CT molecular complexity index is 663. The second-order valence-corrected chi connectivity index (χ2v) is 5.77. The van der Waals surface area contributed by atoms with Crippen molar-refractivity contribution in [3.8, 4) is 0 Å². The third-order valence-corrected chi connectivity index (χ3v) is 3.89. The quantitative estimate of drug-likeness (QED) is 0.872. The lowest BCUT2D eigenvalue weighted by molar-refractivity contribution is -0.908. The van der Waals surface area contributed by atoms with Crippen molar-refractivity contribution in [1.82, 2.24) is 0 Å². The number of likely N-dealkylation sites (N-methyl/N-ethyl adjacent to an activating group) is 1. The number of quaternary nitrogens is 1. The first kappa shape index (κ1) is 16.5. The van der Waals surface area contributed by atoms with Crippen LogP contribution in [0.15, 0.2) is 48.5 Å².